The zero-order valence-corrected chi connectivity index (χ0v) is 81.3. The van der Waals surface area contributed by atoms with E-state index in [9.17, 15) is 85.3 Å². The second kappa shape index (κ2) is 49.0. The highest BCUT2D eigenvalue weighted by atomic mass is 127. The molecule has 5 heterocycles. The first kappa shape index (κ1) is 110. The molecule has 0 aliphatic carbocycles. The molecule has 1 unspecified atom stereocenters. The third-order valence-electron chi connectivity index (χ3n) is 14.0. The van der Waals surface area contributed by atoms with Crippen molar-refractivity contribution < 1.29 is 126 Å². The van der Waals surface area contributed by atoms with Crippen LogP contribution in [-0.4, -0.2) is 137 Å². The van der Waals surface area contributed by atoms with Gasteiger partial charge in [0.15, 0.2) is 17.9 Å². The molecule has 0 fully saturated rings. The largest absolute Gasteiger partial charge is 0.494 e. The van der Waals surface area contributed by atoms with Gasteiger partial charge in [-0.1, -0.05) is 101 Å². The van der Waals surface area contributed by atoms with Crippen LogP contribution in [-0.2, 0) is 120 Å². The number of nitrogens with two attached hydrogens (primary N) is 10. The van der Waals surface area contributed by atoms with Crippen LogP contribution in [0.15, 0.2) is 187 Å². The number of hydrogen-bond acceptors (Lipinski definition) is 34. The Bertz CT molecular complexity index is 6810. The van der Waals surface area contributed by atoms with E-state index in [0.29, 0.717) is 70.6 Å². The molecule has 11 rings (SSSR count). The predicted molar refractivity (Wildman–Crippen MR) is 470 cm³/mol. The summed E-state index contributed by atoms with van der Waals surface area (Å²) in [5.41, 5.74) is 12.5. The molecule has 0 aliphatic rings. The summed E-state index contributed by atoms with van der Waals surface area (Å²) in [5.74, 6) is -0.0815. The molecule has 6 aromatic carbocycles. The predicted octanol–water partition coefficient (Wildman–Crippen LogP) is -0.919. The third kappa shape index (κ3) is 39.8. The first-order valence-electron chi connectivity index (χ1n) is 33.8. The Kier molecular flexibility index (Phi) is 43.2. The molecular formula is C62H80Cl4IN20O25PS12. The Hall–Kier alpha value is -7.13. The number of halogens is 5. The van der Waals surface area contributed by atoms with E-state index in [0.717, 1.165) is 69.2 Å². The number of hydrogen-bond donors (Lipinski definition) is 13. The molecule has 11 aromatic rings. The van der Waals surface area contributed by atoms with E-state index >= 15 is 0 Å². The Balaban J connectivity index is 0.000000496. The molecule has 2 amide bonds. The van der Waals surface area contributed by atoms with Crippen molar-refractivity contribution >= 4 is 235 Å². The number of amides is 2. The van der Waals surface area contributed by atoms with Gasteiger partial charge >= 0.3 is 0 Å². The Morgan fingerprint density at radius 3 is 1.50 bits per heavy atom. The van der Waals surface area contributed by atoms with Crippen LogP contribution in [0.2, 0.25) is 16.5 Å². The minimum atomic E-state index is -4.94. The highest BCUT2D eigenvalue weighted by Crippen LogP contribution is 2.33. The quantitative estimate of drug-likeness (QED) is 0.0162. The lowest BCUT2D eigenvalue weighted by atomic mass is 10.1. The molecule has 5 aromatic heterocycles. The van der Waals surface area contributed by atoms with Crippen molar-refractivity contribution in [2.75, 3.05) is 29.8 Å². The van der Waals surface area contributed by atoms with Gasteiger partial charge in [-0.15, -0.1) is 46.1 Å². The number of carbonyl (C=O) groups is 2. The van der Waals surface area contributed by atoms with E-state index in [2.05, 4.69) is 87.0 Å². The zero-order valence-electron chi connectivity index (χ0n) is 67.2. The van der Waals surface area contributed by atoms with Crippen molar-refractivity contribution in [3.05, 3.63) is 188 Å². The van der Waals surface area contributed by atoms with Gasteiger partial charge in [-0.3, -0.25) is 18.3 Å². The summed E-state index contributed by atoms with van der Waals surface area (Å²) < 4.78 is 260. The smallest absolute Gasteiger partial charge is 0.267 e. The molecule has 0 saturated carbocycles. The topological polar surface area (TPSA) is 816 Å². The fraction of sp³-hybridized carbons (Fsp3) is 0.194. The zero-order chi connectivity index (χ0) is 97.7. The van der Waals surface area contributed by atoms with Gasteiger partial charge in [0.1, 0.15) is 12.1 Å². The maximum absolute atomic E-state index is 12.5. The summed E-state index contributed by atoms with van der Waals surface area (Å²) in [5, 5.41) is 52.5. The average molecular weight is 2190 g/mol. The second-order valence-electron chi connectivity index (χ2n) is 23.6. The number of aryl methyl sites for hydroxylation is 4. The van der Waals surface area contributed by atoms with E-state index in [1.54, 1.807) is 102 Å². The summed E-state index contributed by atoms with van der Waals surface area (Å²) in [7, 11) is -35.8. The van der Waals surface area contributed by atoms with E-state index in [4.69, 9.17) is 108 Å². The van der Waals surface area contributed by atoms with Crippen LogP contribution in [0, 0.1) is 31.0 Å². The molecule has 1 atom stereocenters. The molecule has 0 radical (unpaired) electrons. The van der Waals surface area contributed by atoms with Gasteiger partial charge in [-0.2, -0.15) is 9.56 Å². The molecule has 45 nitrogen and oxygen atoms in total. The second-order valence-corrected chi connectivity index (χ2v) is 43.2. The average Bonchev–Trinajstić information content (AvgIpc) is 1.46. The maximum Gasteiger partial charge on any atom is 0.267 e. The van der Waals surface area contributed by atoms with Crippen LogP contribution in [0.5, 0.6) is 5.75 Å². The van der Waals surface area contributed by atoms with Gasteiger partial charge in [0.05, 0.1) is 67.6 Å². The number of primary sulfonamides is 8. The van der Waals surface area contributed by atoms with Crippen LogP contribution < -0.4 is 93.6 Å². The number of pyridine rings is 1. The van der Waals surface area contributed by atoms with Crippen LogP contribution in [0.3, 0.4) is 0 Å². The summed E-state index contributed by atoms with van der Waals surface area (Å²) in [4.78, 5) is 30.7. The highest BCUT2D eigenvalue weighted by molar-refractivity contribution is 14.1. The monoisotopic (exact) mass is 2190 g/mol. The third-order valence-corrected chi connectivity index (χ3v) is 28.0. The van der Waals surface area contributed by atoms with Crippen molar-refractivity contribution in [3.8, 4) is 5.75 Å². The number of para-hydroxylation sites is 1. The number of rotatable bonds is 18. The van der Waals surface area contributed by atoms with E-state index in [1.165, 1.54) is 66.8 Å². The van der Waals surface area contributed by atoms with Crippen LogP contribution in [0.1, 0.15) is 50.2 Å². The van der Waals surface area contributed by atoms with Gasteiger partial charge in [-0.05, 0) is 123 Å². The van der Waals surface area contributed by atoms with Crippen molar-refractivity contribution in [1.82, 2.24) is 29.9 Å². The highest BCUT2D eigenvalue weighted by Gasteiger charge is 2.24. The molecular weight excluding hydrogens is 2110 g/mol. The summed E-state index contributed by atoms with van der Waals surface area (Å²) >= 11 is 21.3. The standard InChI is InChI=1S/C15H19N2O2S.C14H12ClN3O4S2.C9H10N2O3S2.C8H12N2O2S.C6H6Cl2N2O4S2.C5H8N4O3S2.C4H6N4O3S2.CH5P.ClHO4.H2IN/c1-11-8-12(2)17(13(3)9-11)10-14-4-6-15(7-5-14)20(16,18)19;15-12-8-17-14-11(12)2-1-3-13(14)18-24(21,22)10-6-4-9(5-7-10)23(16,19)20;1-2-14-6-3-4-7-8(5-6)15-9(11-7)16(10,12)13;9-6-5-7-1-3-8(4-2-7)13(10,11)12;7-4-1-3(15(9,11)12)2-5(6(4)8)16(10,13)14;1-3(10)7-4-9(2)8-5(13-4)14(6,11)12;1-2(9)6-3-7-8-4(12-3)13(5,10)11;1-2;2-1(3,4)5;1-2/h4-9H,10H2,1-3H3,(H2,16,18,19);1-8,17-18H,(H2,16,19,20);3-5H,2H2,1H3,(H2,10,12,13);1-4H,5-6,9H2,(H2,10,11,12);1-2H,(H2,9,11,12)(H2,10,13,14);1-2H3,(H2,6,11,12);1H3,(H2,5,10,11)(H,6,7,9);2H2,1H3;(H,2,3,4,5);2H2/q+1;;;;;;;;;/p-1/i;;;;;;;1D;;/hD. The van der Waals surface area contributed by atoms with Crippen LogP contribution >= 0.6 is 101 Å². The Morgan fingerprint density at radius 2 is 1.09 bits per heavy atom. The van der Waals surface area contributed by atoms with Crippen molar-refractivity contribution in [2.45, 2.75) is 96.9 Å². The number of anilines is 2. The molecule has 690 valence electrons. The number of H-pyrrole nitrogens is 1. The van der Waals surface area contributed by atoms with Crippen molar-refractivity contribution in [2.24, 2.45) is 62.8 Å². The lowest BCUT2D eigenvalue weighted by molar-refractivity contribution is -2.00. The number of thiazole rings is 1. The molecule has 0 spiro atoms. The van der Waals surface area contributed by atoms with Gasteiger partial charge in [-0.25, -0.2) is 145 Å². The maximum atomic E-state index is 12.5. The van der Waals surface area contributed by atoms with E-state index in [-0.39, 0.29) is 58.5 Å². The first-order valence-corrected chi connectivity index (χ1v) is 53.2. The fourth-order valence-corrected chi connectivity index (χ4v) is 18.5. The fourth-order valence-electron chi connectivity index (χ4n) is 8.95. The number of nitrogens with zero attached hydrogens (tertiary/aromatic N) is 7. The molecule has 23 N–H and O–H groups in total. The van der Waals surface area contributed by atoms with E-state index in [1.807, 2.05) is 10.9 Å². The minimum absolute atomic E-state index is 0.0730. The summed E-state index contributed by atoms with van der Waals surface area (Å²) in [6.45, 7) is 12.9. The number of sulfonamides is 9. The number of aromatic nitrogens is 7. The van der Waals surface area contributed by atoms with Crippen LogP contribution in [0.4, 0.5) is 10.8 Å². The molecule has 63 heteroatoms. The van der Waals surface area contributed by atoms with Gasteiger partial charge in [0.25, 0.3) is 40.1 Å². The molecule has 0 bridgehead atoms. The van der Waals surface area contributed by atoms with Crippen molar-refractivity contribution in [3.63, 3.8) is 0 Å². The number of ether oxygens (including phenoxy) is 1. The van der Waals surface area contributed by atoms with Crippen molar-refractivity contribution in [1.29, 1.82) is 0 Å². The minimum Gasteiger partial charge on any atom is -0.494 e. The van der Waals surface area contributed by atoms with E-state index < -0.39 is 116 Å². The lowest BCUT2D eigenvalue weighted by Crippen LogP contribution is -2.68. The number of aromatic amines is 1. The normalized spacial score (nSPS) is 12.0. The number of fused-ring (bicyclic) bond motifs is 2. The van der Waals surface area contributed by atoms with Gasteiger partial charge < -0.3 is 20.8 Å². The molecule has 0 aliphatic heterocycles. The van der Waals surface area contributed by atoms with Crippen LogP contribution in [0.25, 0.3) is 21.1 Å². The summed E-state index contributed by atoms with van der Waals surface area (Å²) in [6, 6.07) is 33.9. The SMILES string of the molecule is CC(=O)N=c1sc(S(N)(=O)=O)nn1C.CC(=O)Nc1nnc(S(N)(=O)=O)s1.CCOc1ccc2nc(S(N)(=O)=O)sc2c1.Cc1cc(C)[n+](Cc2ccc(S(N)(=O)=O)cc2)c(C)c1.NCCc1ccc(S(N)(=O)=O)cc1.NS(=O)(=O)c1cc(Cl)c(Cl)c(S(N)(=O)=O)c1.NS(=O)(=O)c1ccc(S(=O)(=O)Nc2cccc3c(Cl)c[nH]c23)cc1.[2H]CP.[2H]NI.[O-][Cl+3]([O-])([O-])[O-]. The Morgan fingerprint density at radius 1 is 0.624 bits per heavy atom. The first-order chi connectivity index (χ1) is 58.0. The van der Waals surface area contributed by atoms with Gasteiger partial charge in [0, 0.05) is 88.3 Å². The number of carbonyl (C=O) groups excluding carboxylic acids is 2. The lowest BCUT2D eigenvalue weighted by Gasteiger charge is -2.17. The Labute approximate surface area is 766 Å². The summed E-state index contributed by atoms with van der Waals surface area (Å²) in [6.07, 6.45) is 2.30. The molecule has 125 heavy (non-hydrogen) atoms. The number of benzene rings is 6. The molecule has 0 saturated heterocycles. The number of nitrogens with one attached hydrogen (secondary N) is 3. The van der Waals surface area contributed by atoms with Gasteiger partial charge in [0.2, 0.25) is 84.9 Å².